The summed E-state index contributed by atoms with van der Waals surface area (Å²) in [5, 5.41) is 14.3. The quantitative estimate of drug-likeness (QED) is 0.670. The summed E-state index contributed by atoms with van der Waals surface area (Å²) in [4.78, 5) is 3.98. The van der Waals surface area contributed by atoms with E-state index < -0.39 is 22.8 Å². The van der Waals surface area contributed by atoms with E-state index in [1.54, 1.807) is 4.68 Å². The van der Waals surface area contributed by atoms with Gasteiger partial charge in [0.2, 0.25) is 4.77 Å². The highest BCUT2D eigenvalue weighted by Gasteiger charge is 2.41. The number of hydrogen-bond donors (Lipinski definition) is 2. The van der Waals surface area contributed by atoms with Crippen molar-refractivity contribution in [2.24, 2.45) is 11.3 Å². The molecule has 0 aliphatic rings. The van der Waals surface area contributed by atoms with Gasteiger partial charge < -0.3 is 5.11 Å². The molecule has 0 bridgehead atoms. The van der Waals surface area contributed by atoms with Crippen LogP contribution in [-0.2, 0) is 19.1 Å². The molecule has 0 saturated carbocycles. The molecule has 0 saturated heterocycles. The molecule has 8 heteroatoms. The number of H-pyrrole nitrogens is 1. The Morgan fingerprint density at radius 1 is 1.19 bits per heavy atom. The lowest BCUT2D eigenvalue weighted by molar-refractivity contribution is -0.137. The van der Waals surface area contributed by atoms with Crippen LogP contribution in [-0.4, -0.2) is 25.5 Å². The molecule has 0 radical (unpaired) electrons. The minimum atomic E-state index is -4.33. The molecule has 1 aromatic carbocycles. The molecule has 2 atom stereocenters. The van der Waals surface area contributed by atoms with Crippen molar-refractivity contribution in [2.75, 3.05) is 0 Å². The number of rotatable bonds is 6. The van der Waals surface area contributed by atoms with Crippen molar-refractivity contribution in [3.63, 3.8) is 0 Å². The van der Waals surface area contributed by atoms with Gasteiger partial charge in [0, 0.05) is 0 Å². The Morgan fingerprint density at radius 2 is 1.78 bits per heavy atom. The van der Waals surface area contributed by atoms with E-state index in [1.807, 2.05) is 27.7 Å². The molecule has 2 aromatic rings. The number of nitrogens with zero attached hydrogens (tertiary/aromatic N) is 2. The molecule has 0 spiro atoms. The van der Waals surface area contributed by atoms with Crippen LogP contribution in [0.5, 0.6) is 0 Å². The molecular weight excluding hydrogens is 375 g/mol. The van der Waals surface area contributed by atoms with Crippen molar-refractivity contribution in [2.45, 2.75) is 58.9 Å². The number of halogens is 3. The zero-order valence-electron chi connectivity index (χ0n) is 16.0. The summed E-state index contributed by atoms with van der Waals surface area (Å²) in [6.45, 7) is 8.13. The van der Waals surface area contributed by atoms with Gasteiger partial charge in [0.25, 0.3) is 0 Å². The van der Waals surface area contributed by atoms with Crippen molar-refractivity contribution in [3.8, 4) is 0 Å². The number of aromatic nitrogens is 3. The van der Waals surface area contributed by atoms with E-state index in [0.29, 0.717) is 17.6 Å². The van der Waals surface area contributed by atoms with Gasteiger partial charge in [-0.2, -0.15) is 13.2 Å². The summed E-state index contributed by atoms with van der Waals surface area (Å²) in [5.74, 6) is 0.0584. The van der Waals surface area contributed by atoms with Gasteiger partial charge in [-0.05, 0) is 54.1 Å². The molecule has 27 heavy (non-hydrogen) atoms. The number of alkyl halides is 3. The van der Waals surface area contributed by atoms with Gasteiger partial charge in [0.1, 0.15) is 6.33 Å². The molecule has 1 heterocycles. The second-order valence-electron chi connectivity index (χ2n) is 8.25. The van der Waals surface area contributed by atoms with Crippen LogP contribution in [0.15, 0.2) is 30.6 Å². The summed E-state index contributed by atoms with van der Waals surface area (Å²) in [6.07, 6.45) is -1.81. The second-order valence-corrected chi connectivity index (χ2v) is 8.61. The SMILES string of the molecule is CC(Cc1ccc(C(F)(F)F)cc1)CC(O)(Cn1[nH]cnc1=S)C(C)(C)C. The van der Waals surface area contributed by atoms with Gasteiger partial charge >= 0.3 is 6.18 Å². The minimum Gasteiger partial charge on any atom is -0.387 e. The predicted molar refractivity (Wildman–Crippen MR) is 101 cm³/mol. The van der Waals surface area contributed by atoms with Crippen molar-refractivity contribution in [3.05, 3.63) is 46.5 Å². The second kappa shape index (κ2) is 7.75. The Morgan fingerprint density at radius 3 is 2.22 bits per heavy atom. The van der Waals surface area contributed by atoms with E-state index in [0.717, 1.165) is 17.7 Å². The van der Waals surface area contributed by atoms with E-state index in [9.17, 15) is 18.3 Å². The monoisotopic (exact) mass is 401 g/mol. The smallest absolute Gasteiger partial charge is 0.387 e. The highest BCUT2D eigenvalue weighted by Crippen LogP contribution is 2.38. The summed E-state index contributed by atoms with van der Waals surface area (Å²) >= 11 is 5.15. The Bertz CT molecular complexity index is 805. The topological polar surface area (TPSA) is 53.8 Å². The summed E-state index contributed by atoms with van der Waals surface area (Å²) in [5.41, 5.74) is -1.34. The Balaban J connectivity index is 2.13. The normalized spacial score (nSPS) is 16.1. The molecular formula is C19H26F3N3OS. The molecule has 0 amide bonds. The lowest BCUT2D eigenvalue weighted by Crippen LogP contribution is -2.48. The molecule has 150 valence electrons. The third kappa shape index (κ3) is 5.42. The van der Waals surface area contributed by atoms with Gasteiger partial charge in [0.05, 0.1) is 17.7 Å². The third-order valence-electron chi connectivity index (χ3n) is 4.99. The highest BCUT2D eigenvalue weighted by atomic mass is 32.1. The van der Waals surface area contributed by atoms with Gasteiger partial charge in [0.15, 0.2) is 0 Å². The maximum Gasteiger partial charge on any atom is 0.416 e. The average molecular weight is 401 g/mol. The maximum atomic E-state index is 12.7. The summed E-state index contributed by atoms with van der Waals surface area (Å²) in [7, 11) is 0. The Labute approximate surface area is 162 Å². The minimum absolute atomic E-state index is 0.0584. The van der Waals surface area contributed by atoms with E-state index in [4.69, 9.17) is 12.2 Å². The summed E-state index contributed by atoms with van der Waals surface area (Å²) in [6, 6.07) is 5.20. The molecule has 1 aromatic heterocycles. The zero-order valence-corrected chi connectivity index (χ0v) is 16.8. The first-order valence-corrected chi connectivity index (χ1v) is 9.21. The van der Waals surface area contributed by atoms with Crippen molar-refractivity contribution >= 4 is 12.2 Å². The van der Waals surface area contributed by atoms with E-state index in [2.05, 4.69) is 10.1 Å². The number of benzene rings is 1. The van der Waals surface area contributed by atoms with Gasteiger partial charge in [-0.1, -0.05) is 39.8 Å². The van der Waals surface area contributed by atoms with Crippen LogP contribution in [0, 0.1) is 16.1 Å². The van der Waals surface area contributed by atoms with Crippen LogP contribution in [0.2, 0.25) is 0 Å². The van der Waals surface area contributed by atoms with Crippen LogP contribution in [0.1, 0.15) is 45.2 Å². The van der Waals surface area contributed by atoms with Crippen LogP contribution >= 0.6 is 12.2 Å². The fourth-order valence-electron chi connectivity index (χ4n) is 3.14. The Kier molecular flexibility index (Phi) is 6.21. The lowest BCUT2D eigenvalue weighted by atomic mass is 9.71. The first-order chi connectivity index (χ1) is 12.3. The van der Waals surface area contributed by atoms with Crippen molar-refractivity contribution < 1.29 is 18.3 Å². The third-order valence-corrected chi connectivity index (χ3v) is 5.31. The Hall–Kier alpha value is -1.67. The molecule has 4 nitrogen and oxygen atoms in total. The maximum absolute atomic E-state index is 12.7. The first kappa shape index (κ1) is 21.6. The molecule has 2 N–H and O–H groups in total. The van der Waals surface area contributed by atoms with Gasteiger partial charge in [-0.15, -0.1) is 0 Å². The molecule has 0 aliphatic heterocycles. The van der Waals surface area contributed by atoms with Gasteiger partial charge in [-0.25, -0.2) is 4.98 Å². The predicted octanol–water partition coefficient (Wildman–Crippen LogP) is 5.01. The van der Waals surface area contributed by atoms with Crippen molar-refractivity contribution in [1.29, 1.82) is 0 Å². The van der Waals surface area contributed by atoms with Crippen LogP contribution in [0.4, 0.5) is 13.2 Å². The lowest BCUT2D eigenvalue weighted by Gasteiger charge is -2.42. The molecule has 2 rings (SSSR count). The zero-order chi connectivity index (χ0) is 20.5. The van der Waals surface area contributed by atoms with Gasteiger partial charge in [-0.3, -0.25) is 9.78 Å². The summed E-state index contributed by atoms with van der Waals surface area (Å²) < 4.78 is 40.1. The highest BCUT2D eigenvalue weighted by molar-refractivity contribution is 7.71. The largest absolute Gasteiger partial charge is 0.416 e. The van der Waals surface area contributed by atoms with E-state index >= 15 is 0 Å². The molecule has 0 aliphatic carbocycles. The van der Waals surface area contributed by atoms with Crippen molar-refractivity contribution in [1.82, 2.24) is 14.8 Å². The fraction of sp³-hybridized carbons (Fsp3) is 0.579. The number of nitrogens with one attached hydrogen (secondary N) is 1. The fourth-order valence-corrected chi connectivity index (χ4v) is 3.31. The molecule has 2 unspecified atom stereocenters. The van der Waals surface area contributed by atoms with Crippen LogP contribution in [0.25, 0.3) is 0 Å². The molecule has 0 fully saturated rings. The van der Waals surface area contributed by atoms with E-state index in [1.165, 1.54) is 18.5 Å². The first-order valence-electron chi connectivity index (χ1n) is 8.80. The van der Waals surface area contributed by atoms with Crippen LogP contribution in [0.3, 0.4) is 0 Å². The van der Waals surface area contributed by atoms with Crippen LogP contribution < -0.4 is 0 Å². The van der Waals surface area contributed by atoms with E-state index in [-0.39, 0.29) is 12.5 Å². The standard InChI is InChI=1S/C19H26F3N3OS/c1-13(9-14-5-7-15(8-6-14)19(20,21)22)10-18(26,17(2,3)4)11-25-16(27)23-12-24-25/h5-8,12-13,26H,9-11H2,1-4H3,(H,23,24,27). The number of aliphatic hydroxyl groups is 1. The average Bonchev–Trinajstić information content (AvgIpc) is 2.90. The number of hydrogen-bond acceptors (Lipinski definition) is 3. The number of aromatic amines is 1.